The van der Waals surface area contributed by atoms with Crippen LogP contribution in [0.3, 0.4) is 0 Å². The van der Waals surface area contributed by atoms with Crippen LogP contribution in [0.1, 0.15) is 0 Å². The van der Waals surface area contributed by atoms with Crippen LogP contribution in [0, 0.1) is 0 Å². The largest absolute Gasteiger partial charge is 0.386 e. The van der Waals surface area contributed by atoms with E-state index in [1.165, 1.54) is 6.21 Å². The second kappa shape index (κ2) is 3.77. The summed E-state index contributed by atoms with van der Waals surface area (Å²) in [6.07, 6.45) is 0.838. The monoisotopic (exact) mass is 102 g/mol. The number of hydrogen-bond donors (Lipinski definition) is 2. The first kappa shape index (κ1) is 6.59. The Morgan fingerprint density at radius 3 is 2.71 bits per heavy atom. The summed E-state index contributed by atoms with van der Waals surface area (Å²) in [5, 5.41) is 8.58. The average molecular weight is 102 g/mol. The lowest BCUT2D eigenvalue weighted by Gasteiger charge is -1.94. The van der Waals surface area contributed by atoms with Crippen LogP contribution in [-0.4, -0.2) is 31.0 Å². The second-order valence-electron chi connectivity index (χ2n) is 1.21. The van der Waals surface area contributed by atoms with E-state index in [9.17, 15) is 0 Å². The summed E-state index contributed by atoms with van der Waals surface area (Å²) >= 11 is 0. The molecule has 0 aromatic carbocycles. The molecule has 0 heterocycles. The van der Waals surface area contributed by atoms with Gasteiger partial charge in [0.2, 0.25) is 0 Å². The predicted octanol–water partition coefficient (Wildman–Crippen LogP) is -0.993. The Kier molecular flexibility index (Phi) is 3.55. The van der Waals surface area contributed by atoms with Gasteiger partial charge in [-0.25, -0.2) is 0 Å². The fourth-order valence-corrected chi connectivity index (χ4v) is 0.233. The number of hydrogen-bond acceptors (Lipinski definition) is 3. The van der Waals surface area contributed by atoms with Crippen molar-refractivity contribution in [2.75, 3.05) is 13.6 Å². The zero-order chi connectivity index (χ0) is 5.70. The van der Waals surface area contributed by atoms with Gasteiger partial charge in [0.25, 0.3) is 0 Å². The van der Waals surface area contributed by atoms with Crippen molar-refractivity contribution in [2.45, 2.75) is 6.10 Å². The van der Waals surface area contributed by atoms with Crippen LogP contribution in [-0.2, 0) is 0 Å². The lowest BCUT2D eigenvalue weighted by atomic mass is 10.4. The molecule has 0 saturated carbocycles. The van der Waals surface area contributed by atoms with E-state index in [0.717, 1.165) is 0 Å². The molecule has 0 saturated heterocycles. The van der Waals surface area contributed by atoms with Crippen molar-refractivity contribution in [1.82, 2.24) is 0 Å². The van der Waals surface area contributed by atoms with Gasteiger partial charge in [0.05, 0.1) is 0 Å². The fourth-order valence-electron chi connectivity index (χ4n) is 0.233. The lowest BCUT2D eigenvalue weighted by molar-refractivity contribution is 0.254. The van der Waals surface area contributed by atoms with Crippen LogP contribution in [0.25, 0.3) is 0 Å². The highest BCUT2D eigenvalue weighted by atomic mass is 16.3. The van der Waals surface area contributed by atoms with Crippen molar-refractivity contribution in [3.8, 4) is 0 Å². The van der Waals surface area contributed by atoms with Crippen molar-refractivity contribution in [1.29, 1.82) is 0 Å². The van der Waals surface area contributed by atoms with Gasteiger partial charge in [-0.2, -0.15) is 0 Å². The van der Waals surface area contributed by atoms with Gasteiger partial charge in [-0.3, -0.25) is 4.99 Å². The molecule has 3 nitrogen and oxygen atoms in total. The highest BCUT2D eigenvalue weighted by molar-refractivity contribution is 5.62. The fraction of sp³-hybridized carbons (Fsp3) is 0.750. The summed E-state index contributed by atoms with van der Waals surface area (Å²) in [5.74, 6) is 0. The van der Waals surface area contributed by atoms with Crippen molar-refractivity contribution >= 4 is 6.21 Å². The second-order valence-corrected chi connectivity index (χ2v) is 1.21. The van der Waals surface area contributed by atoms with E-state index in [4.69, 9.17) is 10.8 Å². The molecular formula is C4H10N2O. The molecule has 7 heavy (non-hydrogen) atoms. The zero-order valence-electron chi connectivity index (χ0n) is 4.33. The SMILES string of the molecule is CN=CC(O)CN. The zero-order valence-corrected chi connectivity index (χ0v) is 4.33. The quantitative estimate of drug-likeness (QED) is 0.440. The number of aliphatic hydroxyl groups excluding tert-OH is 1. The minimum Gasteiger partial charge on any atom is -0.386 e. The van der Waals surface area contributed by atoms with E-state index in [0.29, 0.717) is 0 Å². The van der Waals surface area contributed by atoms with Gasteiger partial charge in [0.15, 0.2) is 0 Å². The van der Waals surface area contributed by atoms with Crippen LogP contribution >= 0.6 is 0 Å². The van der Waals surface area contributed by atoms with Crippen LogP contribution in [0.5, 0.6) is 0 Å². The van der Waals surface area contributed by atoms with Gasteiger partial charge in [-0.05, 0) is 0 Å². The maximum Gasteiger partial charge on any atom is 0.101 e. The highest BCUT2D eigenvalue weighted by Gasteiger charge is 1.89. The van der Waals surface area contributed by atoms with Crippen LogP contribution in [0.15, 0.2) is 4.99 Å². The summed E-state index contributed by atoms with van der Waals surface area (Å²) in [6.45, 7) is 0.247. The Balaban J connectivity index is 3.16. The Hall–Kier alpha value is -0.410. The van der Waals surface area contributed by atoms with Gasteiger partial charge < -0.3 is 10.8 Å². The maximum absolute atomic E-state index is 8.58. The third kappa shape index (κ3) is 3.42. The first-order chi connectivity index (χ1) is 3.31. The molecule has 0 aliphatic heterocycles. The van der Waals surface area contributed by atoms with E-state index in [-0.39, 0.29) is 6.54 Å². The van der Waals surface area contributed by atoms with Crippen molar-refractivity contribution in [3.63, 3.8) is 0 Å². The molecule has 0 spiro atoms. The molecule has 0 fully saturated rings. The topological polar surface area (TPSA) is 58.6 Å². The van der Waals surface area contributed by atoms with Crippen molar-refractivity contribution in [2.24, 2.45) is 10.7 Å². The standard InChI is InChI=1S/C4H10N2O/c1-6-3-4(7)2-5/h3-4,7H,2,5H2,1H3. The molecule has 0 aromatic rings. The first-order valence-electron chi connectivity index (χ1n) is 2.11. The molecule has 1 unspecified atom stereocenters. The predicted molar refractivity (Wildman–Crippen MR) is 29.5 cm³/mol. The van der Waals surface area contributed by atoms with Gasteiger partial charge in [0, 0.05) is 19.8 Å². The molecule has 0 bridgehead atoms. The summed E-state index contributed by atoms with van der Waals surface area (Å²) < 4.78 is 0. The third-order valence-electron chi connectivity index (χ3n) is 0.563. The Morgan fingerprint density at radius 2 is 2.57 bits per heavy atom. The lowest BCUT2D eigenvalue weighted by Crippen LogP contribution is -2.20. The summed E-state index contributed by atoms with van der Waals surface area (Å²) in [6, 6.07) is 0. The summed E-state index contributed by atoms with van der Waals surface area (Å²) in [4.78, 5) is 3.55. The molecule has 3 heteroatoms. The Bertz CT molecular complexity index is 62.7. The molecule has 1 atom stereocenters. The van der Waals surface area contributed by atoms with Crippen molar-refractivity contribution in [3.05, 3.63) is 0 Å². The highest BCUT2D eigenvalue weighted by Crippen LogP contribution is 1.67. The minimum atomic E-state index is -0.565. The first-order valence-corrected chi connectivity index (χ1v) is 2.11. The normalized spacial score (nSPS) is 15.3. The van der Waals surface area contributed by atoms with Gasteiger partial charge in [0.1, 0.15) is 6.10 Å². The Morgan fingerprint density at radius 1 is 2.00 bits per heavy atom. The minimum absolute atomic E-state index is 0.247. The van der Waals surface area contributed by atoms with Crippen LogP contribution in [0.2, 0.25) is 0 Å². The number of nitrogens with two attached hydrogens (primary N) is 1. The molecule has 0 aromatic heterocycles. The maximum atomic E-state index is 8.58. The molecule has 0 aliphatic carbocycles. The third-order valence-corrected chi connectivity index (χ3v) is 0.563. The number of rotatable bonds is 2. The Labute approximate surface area is 42.9 Å². The van der Waals surface area contributed by atoms with Gasteiger partial charge in [-0.15, -0.1) is 0 Å². The molecule has 0 radical (unpaired) electrons. The van der Waals surface area contributed by atoms with Crippen LogP contribution in [0.4, 0.5) is 0 Å². The smallest absolute Gasteiger partial charge is 0.101 e. The summed E-state index contributed by atoms with van der Waals surface area (Å²) in [7, 11) is 1.60. The van der Waals surface area contributed by atoms with E-state index in [1.807, 2.05) is 0 Å². The molecule has 0 aliphatic rings. The molecule has 0 amide bonds. The molecular weight excluding hydrogens is 92.1 g/mol. The molecule has 0 rings (SSSR count). The number of nitrogens with zero attached hydrogens (tertiary/aromatic N) is 1. The van der Waals surface area contributed by atoms with E-state index < -0.39 is 6.10 Å². The molecule has 3 N–H and O–H groups in total. The van der Waals surface area contributed by atoms with Crippen molar-refractivity contribution < 1.29 is 5.11 Å². The van der Waals surface area contributed by atoms with E-state index >= 15 is 0 Å². The average Bonchev–Trinajstić information content (AvgIpc) is 1.68. The molecule has 42 valence electrons. The van der Waals surface area contributed by atoms with Crippen LogP contribution < -0.4 is 5.73 Å². The van der Waals surface area contributed by atoms with Gasteiger partial charge in [-0.1, -0.05) is 0 Å². The van der Waals surface area contributed by atoms with Gasteiger partial charge >= 0.3 is 0 Å². The van der Waals surface area contributed by atoms with E-state index in [2.05, 4.69) is 4.99 Å². The number of aliphatic hydroxyl groups is 1. The number of aliphatic imine (C=N–C) groups is 1. The van der Waals surface area contributed by atoms with E-state index in [1.54, 1.807) is 7.05 Å². The summed E-state index contributed by atoms with van der Waals surface area (Å²) in [5.41, 5.74) is 5.02.